The molecule has 3 aromatic rings. The van der Waals surface area contributed by atoms with Crippen LogP contribution in [0.1, 0.15) is 30.0 Å². The summed E-state index contributed by atoms with van der Waals surface area (Å²) in [6.45, 7) is 1.91. The van der Waals surface area contributed by atoms with E-state index in [1.54, 1.807) is 36.1 Å². The molecule has 0 saturated carbocycles. The normalized spacial score (nSPS) is 22.2. The molecule has 0 radical (unpaired) electrons. The molecule has 1 aliphatic carbocycles. The summed E-state index contributed by atoms with van der Waals surface area (Å²) in [6, 6.07) is 20.6. The lowest BCUT2D eigenvalue weighted by Crippen LogP contribution is -2.40. The van der Waals surface area contributed by atoms with Gasteiger partial charge in [0.15, 0.2) is 0 Å². The lowest BCUT2D eigenvalue weighted by atomic mass is 9.92. The van der Waals surface area contributed by atoms with Crippen molar-refractivity contribution in [2.45, 2.75) is 25.3 Å². The van der Waals surface area contributed by atoms with Crippen molar-refractivity contribution in [2.24, 2.45) is 5.92 Å². The zero-order chi connectivity index (χ0) is 25.0. The first-order chi connectivity index (χ1) is 17.3. The summed E-state index contributed by atoms with van der Waals surface area (Å²) in [6.07, 6.45) is 0.956. The minimum atomic E-state index is -1.22. The highest BCUT2D eigenvalue weighted by molar-refractivity contribution is 6.07. The fourth-order valence-electron chi connectivity index (χ4n) is 5.33. The van der Waals surface area contributed by atoms with Gasteiger partial charge in [0.25, 0.3) is 5.91 Å². The minimum absolute atomic E-state index is 0.0859. The molecule has 2 atom stereocenters. The fourth-order valence-corrected chi connectivity index (χ4v) is 5.33. The second kappa shape index (κ2) is 8.05. The third kappa shape index (κ3) is 3.53. The summed E-state index contributed by atoms with van der Waals surface area (Å²) < 4.78 is 0. The van der Waals surface area contributed by atoms with Crippen LogP contribution in [0.4, 0.5) is 16.2 Å². The van der Waals surface area contributed by atoms with Crippen LogP contribution in [-0.2, 0) is 26.3 Å². The third-order valence-corrected chi connectivity index (χ3v) is 7.34. The van der Waals surface area contributed by atoms with Gasteiger partial charge in [-0.2, -0.15) is 0 Å². The van der Waals surface area contributed by atoms with Crippen molar-refractivity contribution in [3.63, 3.8) is 0 Å². The standard InChI is InChI=1S/C28H24N4O4/c1-28(26(35)30-27(36)31-28)19-6-4-7-20(14-19)29-25(34)18-13-24(33)32(15-18)21-9-10-23-17(12-21)11-16-5-2-3-8-22(16)23/h2-10,12,14,18H,11,13,15H2,1H3,(H,29,34)(H2,30,31,35,36). The second-order valence-electron chi connectivity index (χ2n) is 9.68. The van der Waals surface area contributed by atoms with E-state index < -0.39 is 23.4 Å². The van der Waals surface area contributed by atoms with Gasteiger partial charge in [0, 0.05) is 24.3 Å². The molecule has 3 aromatic carbocycles. The number of amides is 5. The average molecular weight is 481 g/mol. The van der Waals surface area contributed by atoms with Gasteiger partial charge in [-0.15, -0.1) is 0 Å². The van der Waals surface area contributed by atoms with E-state index in [4.69, 9.17) is 0 Å². The molecular formula is C28H24N4O4. The Labute approximate surface area is 207 Å². The molecule has 2 fully saturated rings. The van der Waals surface area contributed by atoms with Crippen molar-refractivity contribution in [3.8, 4) is 11.1 Å². The van der Waals surface area contributed by atoms with E-state index in [1.807, 2.05) is 18.2 Å². The molecule has 2 heterocycles. The zero-order valence-corrected chi connectivity index (χ0v) is 19.6. The molecule has 0 aromatic heterocycles. The number of hydrogen-bond acceptors (Lipinski definition) is 4. The number of carbonyl (C=O) groups excluding carboxylic acids is 4. The van der Waals surface area contributed by atoms with Crippen LogP contribution in [0.5, 0.6) is 0 Å². The van der Waals surface area contributed by atoms with Crippen LogP contribution in [0.15, 0.2) is 66.7 Å². The van der Waals surface area contributed by atoms with Crippen molar-refractivity contribution in [2.75, 3.05) is 16.8 Å². The topological polar surface area (TPSA) is 108 Å². The van der Waals surface area contributed by atoms with Gasteiger partial charge in [-0.1, -0.05) is 42.5 Å². The minimum Gasteiger partial charge on any atom is -0.326 e. The van der Waals surface area contributed by atoms with Crippen LogP contribution in [0.25, 0.3) is 11.1 Å². The SMILES string of the molecule is CC1(c2cccc(NC(=O)C3CC(=O)N(c4ccc5c(c4)Cc4ccccc4-5)C3)c2)NC(=O)NC1=O. The van der Waals surface area contributed by atoms with Gasteiger partial charge >= 0.3 is 6.03 Å². The van der Waals surface area contributed by atoms with E-state index in [2.05, 4.69) is 40.2 Å². The number of urea groups is 1. The number of hydrogen-bond donors (Lipinski definition) is 3. The Morgan fingerprint density at radius 3 is 2.58 bits per heavy atom. The number of nitrogens with zero attached hydrogens (tertiary/aromatic N) is 1. The summed E-state index contributed by atoms with van der Waals surface area (Å²) in [4.78, 5) is 51.5. The van der Waals surface area contributed by atoms with E-state index in [1.165, 1.54) is 22.3 Å². The summed E-state index contributed by atoms with van der Waals surface area (Å²) >= 11 is 0. The monoisotopic (exact) mass is 480 g/mol. The van der Waals surface area contributed by atoms with Crippen LogP contribution in [-0.4, -0.2) is 30.3 Å². The molecule has 5 amide bonds. The molecule has 180 valence electrons. The van der Waals surface area contributed by atoms with Gasteiger partial charge in [-0.3, -0.25) is 19.7 Å². The van der Waals surface area contributed by atoms with Crippen LogP contribution >= 0.6 is 0 Å². The van der Waals surface area contributed by atoms with Crippen molar-refractivity contribution in [1.29, 1.82) is 0 Å². The highest BCUT2D eigenvalue weighted by atomic mass is 16.2. The lowest BCUT2D eigenvalue weighted by molar-refractivity contribution is -0.123. The summed E-state index contributed by atoms with van der Waals surface area (Å²) in [7, 11) is 0. The zero-order valence-electron chi connectivity index (χ0n) is 19.6. The fraction of sp³-hybridized carbons (Fsp3) is 0.214. The van der Waals surface area contributed by atoms with E-state index >= 15 is 0 Å². The van der Waals surface area contributed by atoms with Crippen molar-refractivity contribution >= 4 is 35.1 Å². The summed E-state index contributed by atoms with van der Waals surface area (Å²) in [5.41, 5.74) is 5.51. The van der Waals surface area contributed by atoms with E-state index in [0.717, 1.165) is 12.1 Å². The molecule has 8 nitrogen and oxygen atoms in total. The average Bonchev–Trinajstić information content (AvgIpc) is 3.51. The Hall–Kier alpha value is -4.46. The van der Waals surface area contributed by atoms with Gasteiger partial charge in [0.2, 0.25) is 11.8 Å². The third-order valence-electron chi connectivity index (χ3n) is 7.34. The largest absolute Gasteiger partial charge is 0.326 e. The Balaban J connectivity index is 1.17. The van der Waals surface area contributed by atoms with Crippen molar-refractivity contribution in [1.82, 2.24) is 10.6 Å². The summed E-state index contributed by atoms with van der Waals surface area (Å²) in [5.74, 6) is -1.30. The predicted molar refractivity (Wildman–Crippen MR) is 134 cm³/mol. The van der Waals surface area contributed by atoms with Gasteiger partial charge in [-0.05, 0) is 65.4 Å². The number of benzene rings is 3. The van der Waals surface area contributed by atoms with Crippen molar-refractivity contribution < 1.29 is 19.2 Å². The first kappa shape index (κ1) is 22.0. The molecule has 36 heavy (non-hydrogen) atoms. The number of imide groups is 1. The van der Waals surface area contributed by atoms with Crippen LogP contribution < -0.4 is 20.9 Å². The number of anilines is 2. The molecule has 3 N–H and O–H groups in total. The number of carbonyl (C=O) groups is 4. The Morgan fingerprint density at radius 2 is 1.78 bits per heavy atom. The smallest absolute Gasteiger partial charge is 0.322 e. The molecular weight excluding hydrogens is 456 g/mol. The first-order valence-electron chi connectivity index (χ1n) is 11.9. The molecule has 2 aliphatic heterocycles. The lowest BCUT2D eigenvalue weighted by Gasteiger charge is -2.22. The maximum absolute atomic E-state index is 13.1. The predicted octanol–water partition coefficient (Wildman–Crippen LogP) is 3.30. The number of fused-ring (bicyclic) bond motifs is 3. The second-order valence-corrected chi connectivity index (χ2v) is 9.68. The molecule has 2 saturated heterocycles. The molecule has 0 bridgehead atoms. The molecule has 6 rings (SSSR count). The van der Waals surface area contributed by atoms with Crippen LogP contribution in [0.3, 0.4) is 0 Å². The molecule has 3 aliphatic rings. The van der Waals surface area contributed by atoms with E-state index in [9.17, 15) is 19.2 Å². The summed E-state index contributed by atoms with van der Waals surface area (Å²) in [5, 5.41) is 7.73. The first-order valence-corrected chi connectivity index (χ1v) is 11.9. The van der Waals surface area contributed by atoms with Gasteiger partial charge in [-0.25, -0.2) is 4.79 Å². The van der Waals surface area contributed by atoms with Gasteiger partial charge in [0.1, 0.15) is 5.54 Å². The van der Waals surface area contributed by atoms with Gasteiger partial charge < -0.3 is 15.5 Å². The Bertz CT molecular complexity index is 1470. The van der Waals surface area contributed by atoms with Gasteiger partial charge in [0.05, 0.1) is 5.92 Å². The molecule has 0 spiro atoms. The molecule has 2 unspecified atom stereocenters. The maximum Gasteiger partial charge on any atom is 0.322 e. The quantitative estimate of drug-likeness (QED) is 0.390. The number of nitrogens with one attached hydrogen (secondary N) is 3. The van der Waals surface area contributed by atoms with E-state index in [0.29, 0.717) is 17.8 Å². The highest BCUT2D eigenvalue weighted by Crippen LogP contribution is 2.39. The number of rotatable bonds is 4. The van der Waals surface area contributed by atoms with Crippen molar-refractivity contribution in [3.05, 3.63) is 83.4 Å². The van der Waals surface area contributed by atoms with Crippen LogP contribution in [0.2, 0.25) is 0 Å². The van der Waals surface area contributed by atoms with Crippen LogP contribution in [0, 0.1) is 5.92 Å². The maximum atomic E-state index is 13.1. The Kier molecular flexibility index (Phi) is 4.93. The van der Waals surface area contributed by atoms with E-state index in [-0.39, 0.29) is 18.2 Å². The highest BCUT2D eigenvalue weighted by Gasteiger charge is 2.43. The molecule has 8 heteroatoms. The Morgan fingerprint density at radius 1 is 0.972 bits per heavy atom.